The molecule has 78 valence electrons. The van der Waals surface area contributed by atoms with Crippen LogP contribution in [0.3, 0.4) is 0 Å². The Bertz CT molecular complexity index is 297. The van der Waals surface area contributed by atoms with E-state index in [2.05, 4.69) is 15.5 Å². The summed E-state index contributed by atoms with van der Waals surface area (Å²) in [6.45, 7) is 3.50. The minimum absolute atomic E-state index is 0.264. The lowest BCUT2D eigenvalue weighted by Gasteiger charge is -2.03. The molecule has 4 N–H and O–H groups in total. The van der Waals surface area contributed by atoms with Crippen LogP contribution in [0.1, 0.15) is 17.4 Å². The molecule has 0 bridgehead atoms. The van der Waals surface area contributed by atoms with Crippen LogP contribution >= 0.6 is 0 Å². The Morgan fingerprint density at radius 3 is 3.14 bits per heavy atom. The molecule has 0 saturated carbocycles. The van der Waals surface area contributed by atoms with E-state index in [4.69, 9.17) is 10.5 Å². The first-order chi connectivity index (χ1) is 6.75. The van der Waals surface area contributed by atoms with Gasteiger partial charge in [-0.1, -0.05) is 0 Å². The van der Waals surface area contributed by atoms with Gasteiger partial charge in [-0.3, -0.25) is 9.89 Å². The van der Waals surface area contributed by atoms with Gasteiger partial charge in [0.05, 0.1) is 18.5 Å². The Balaban J connectivity index is 2.32. The third-order valence-electron chi connectivity index (χ3n) is 1.63. The first-order valence-electron chi connectivity index (χ1n) is 4.40. The van der Waals surface area contributed by atoms with E-state index < -0.39 is 0 Å². The number of nitrogens with one attached hydrogen (secondary N) is 2. The topological polar surface area (TPSA) is 93.0 Å². The van der Waals surface area contributed by atoms with Gasteiger partial charge in [-0.25, -0.2) is 0 Å². The summed E-state index contributed by atoms with van der Waals surface area (Å²) in [5.41, 5.74) is 6.13. The van der Waals surface area contributed by atoms with Gasteiger partial charge >= 0.3 is 0 Å². The zero-order valence-electron chi connectivity index (χ0n) is 8.04. The Kier molecular flexibility index (Phi) is 3.93. The van der Waals surface area contributed by atoms with Crippen molar-refractivity contribution in [3.63, 3.8) is 0 Å². The molecule has 0 aliphatic carbocycles. The third kappa shape index (κ3) is 2.74. The normalized spacial score (nSPS) is 10.1. The number of hydrogen-bond acceptors (Lipinski definition) is 4. The molecule has 1 rings (SSSR count). The molecule has 0 aromatic carbocycles. The molecular formula is C8H14N4O2. The van der Waals surface area contributed by atoms with Gasteiger partial charge in [-0.15, -0.1) is 0 Å². The summed E-state index contributed by atoms with van der Waals surface area (Å²) in [5.74, 6) is -0.264. The van der Waals surface area contributed by atoms with E-state index in [-0.39, 0.29) is 5.91 Å². The Labute approximate surface area is 81.8 Å². The van der Waals surface area contributed by atoms with Gasteiger partial charge < -0.3 is 15.8 Å². The molecule has 14 heavy (non-hydrogen) atoms. The SMILES string of the molecule is CCOCCNC(=O)c1[nH]ncc1N. The molecule has 1 amide bonds. The van der Waals surface area contributed by atoms with Crippen LogP contribution in [0.15, 0.2) is 6.20 Å². The molecule has 0 radical (unpaired) electrons. The lowest BCUT2D eigenvalue weighted by atomic mass is 10.3. The smallest absolute Gasteiger partial charge is 0.271 e. The highest BCUT2D eigenvalue weighted by molar-refractivity contribution is 5.96. The standard InChI is InChI=1S/C8H14N4O2/c1-2-14-4-3-10-8(13)7-6(9)5-11-12-7/h5H,2-4,9H2,1H3,(H,10,13)(H,11,12). The molecule has 6 heteroatoms. The number of amides is 1. The second kappa shape index (κ2) is 5.23. The number of nitrogens with zero attached hydrogens (tertiary/aromatic N) is 1. The van der Waals surface area contributed by atoms with Gasteiger partial charge in [0.25, 0.3) is 5.91 Å². The van der Waals surface area contributed by atoms with E-state index in [1.807, 2.05) is 6.92 Å². The predicted octanol–water partition coefficient (Wildman–Crippen LogP) is -0.242. The fraction of sp³-hybridized carbons (Fsp3) is 0.500. The fourth-order valence-electron chi connectivity index (χ4n) is 0.947. The lowest BCUT2D eigenvalue weighted by Crippen LogP contribution is -2.28. The van der Waals surface area contributed by atoms with Crippen LogP contribution in [0, 0.1) is 0 Å². The van der Waals surface area contributed by atoms with Crippen molar-refractivity contribution in [3.05, 3.63) is 11.9 Å². The number of aromatic nitrogens is 2. The molecule has 0 saturated heterocycles. The summed E-state index contributed by atoms with van der Waals surface area (Å²) in [5, 5.41) is 8.81. The van der Waals surface area contributed by atoms with E-state index in [0.717, 1.165) is 0 Å². The van der Waals surface area contributed by atoms with Crippen LogP contribution in [0.2, 0.25) is 0 Å². The van der Waals surface area contributed by atoms with Crippen LogP contribution in [0.25, 0.3) is 0 Å². The Morgan fingerprint density at radius 2 is 2.57 bits per heavy atom. The minimum Gasteiger partial charge on any atom is -0.396 e. The summed E-state index contributed by atoms with van der Waals surface area (Å²) < 4.78 is 5.06. The summed E-state index contributed by atoms with van der Waals surface area (Å²) in [4.78, 5) is 11.4. The first kappa shape index (κ1) is 10.5. The fourth-order valence-corrected chi connectivity index (χ4v) is 0.947. The molecular weight excluding hydrogens is 184 g/mol. The second-order valence-electron chi connectivity index (χ2n) is 2.65. The van der Waals surface area contributed by atoms with Crippen molar-refractivity contribution in [1.82, 2.24) is 15.5 Å². The monoisotopic (exact) mass is 198 g/mol. The van der Waals surface area contributed by atoms with Gasteiger partial charge in [0.15, 0.2) is 0 Å². The number of anilines is 1. The van der Waals surface area contributed by atoms with E-state index >= 15 is 0 Å². The number of rotatable bonds is 5. The average Bonchev–Trinajstić information content (AvgIpc) is 2.59. The first-order valence-corrected chi connectivity index (χ1v) is 4.40. The number of ether oxygens (including phenoxy) is 1. The van der Waals surface area contributed by atoms with Crippen LogP contribution in [0.4, 0.5) is 5.69 Å². The molecule has 0 unspecified atom stereocenters. The molecule has 1 aromatic rings. The predicted molar refractivity (Wildman–Crippen MR) is 51.8 cm³/mol. The maximum atomic E-state index is 11.4. The van der Waals surface area contributed by atoms with Crippen molar-refractivity contribution >= 4 is 11.6 Å². The van der Waals surface area contributed by atoms with Crippen molar-refractivity contribution in [2.45, 2.75) is 6.92 Å². The van der Waals surface area contributed by atoms with Crippen molar-refractivity contribution in [2.75, 3.05) is 25.5 Å². The number of aromatic amines is 1. The van der Waals surface area contributed by atoms with E-state index in [9.17, 15) is 4.79 Å². The van der Waals surface area contributed by atoms with Gasteiger partial charge in [0, 0.05) is 13.2 Å². The summed E-state index contributed by atoms with van der Waals surface area (Å²) in [6.07, 6.45) is 1.40. The molecule has 0 spiro atoms. The lowest BCUT2D eigenvalue weighted by molar-refractivity contribution is 0.0918. The largest absolute Gasteiger partial charge is 0.396 e. The number of nitrogen functional groups attached to an aromatic ring is 1. The van der Waals surface area contributed by atoms with Crippen LogP contribution in [-0.4, -0.2) is 35.9 Å². The summed E-state index contributed by atoms with van der Waals surface area (Å²) >= 11 is 0. The zero-order valence-corrected chi connectivity index (χ0v) is 8.04. The Hall–Kier alpha value is -1.56. The van der Waals surface area contributed by atoms with Crippen molar-refractivity contribution in [2.24, 2.45) is 0 Å². The number of carbonyl (C=O) groups is 1. The molecule has 0 aliphatic rings. The molecule has 0 fully saturated rings. The van der Waals surface area contributed by atoms with Crippen molar-refractivity contribution in [3.8, 4) is 0 Å². The van der Waals surface area contributed by atoms with Crippen LogP contribution in [0.5, 0.6) is 0 Å². The van der Waals surface area contributed by atoms with E-state index in [1.165, 1.54) is 6.20 Å². The Morgan fingerprint density at radius 1 is 1.79 bits per heavy atom. The number of hydrogen-bond donors (Lipinski definition) is 3. The second-order valence-corrected chi connectivity index (χ2v) is 2.65. The molecule has 6 nitrogen and oxygen atoms in total. The third-order valence-corrected chi connectivity index (χ3v) is 1.63. The highest BCUT2D eigenvalue weighted by Gasteiger charge is 2.10. The quantitative estimate of drug-likeness (QED) is 0.569. The van der Waals surface area contributed by atoms with E-state index in [1.54, 1.807) is 0 Å². The zero-order chi connectivity index (χ0) is 10.4. The van der Waals surface area contributed by atoms with E-state index in [0.29, 0.717) is 31.1 Å². The van der Waals surface area contributed by atoms with Crippen LogP contribution in [-0.2, 0) is 4.74 Å². The summed E-state index contributed by atoms with van der Waals surface area (Å²) in [6, 6.07) is 0. The van der Waals surface area contributed by atoms with Crippen LogP contribution < -0.4 is 11.1 Å². The number of carbonyl (C=O) groups excluding carboxylic acids is 1. The molecule has 1 aromatic heterocycles. The van der Waals surface area contributed by atoms with Gasteiger partial charge in [-0.05, 0) is 6.92 Å². The van der Waals surface area contributed by atoms with Crippen molar-refractivity contribution in [1.29, 1.82) is 0 Å². The highest BCUT2D eigenvalue weighted by Crippen LogP contribution is 2.04. The summed E-state index contributed by atoms with van der Waals surface area (Å²) in [7, 11) is 0. The van der Waals surface area contributed by atoms with Gasteiger partial charge in [0.2, 0.25) is 0 Å². The van der Waals surface area contributed by atoms with Crippen molar-refractivity contribution < 1.29 is 9.53 Å². The van der Waals surface area contributed by atoms with Gasteiger partial charge in [-0.2, -0.15) is 5.10 Å². The molecule has 0 aliphatic heterocycles. The number of nitrogens with two attached hydrogens (primary N) is 1. The maximum Gasteiger partial charge on any atom is 0.271 e. The maximum absolute atomic E-state index is 11.4. The van der Waals surface area contributed by atoms with Gasteiger partial charge in [0.1, 0.15) is 5.69 Å². The molecule has 0 atom stereocenters. The average molecular weight is 198 g/mol. The molecule has 1 heterocycles. The minimum atomic E-state index is -0.264. The number of H-pyrrole nitrogens is 1. The highest BCUT2D eigenvalue weighted by atomic mass is 16.5.